The Balaban J connectivity index is 2.52. The zero-order valence-electron chi connectivity index (χ0n) is 10.2. The summed E-state index contributed by atoms with van der Waals surface area (Å²) in [7, 11) is 0. The molecule has 20 heavy (non-hydrogen) atoms. The molecule has 0 radical (unpaired) electrons. The maximum absolute atomic E-state index is 11.9. The van der Waals surface area contributed by atoms with Crippen molar-refractivity contribution in [3.63, 3.8) is 0 Å². The van der Waals surface area contributed by atoms with Crippen molar-refractivity contribution in [2.75, 3.05) is 6.54 Å². The minimum Gasteiger partial charge on any atom is -0.478 e. The number of nitrogens with one attached hydrogen (secondary N) is 1. The normalized spacial score (nSPS) is 11.8. The third-order valence-electron chi connectivity index (χ3n) is 2.23. The molecule has 1 heterocycles. The number of halogens is 3. The Labute approximate surface area is 116 Å². The Bertz CT molecular complexity index is 508. The molecule has 0 spiro atoms. The van der Waals surface area contributed by atoms with E-state index in [4.69, 9.17) is 5.11 Å². The van der Waals surface area contributed by atoms with Crippen LogP contribution in [0, 0.1) is 0 Å². The third kappa shape index (κ3) is 5.87. The van der Waals surface area contributed by atoms with Gasteiger partial charge in [0.05, 0.1) is 4.88 Å². The molecule has 110 valence electrons. The van der Waals surface area contributed by atoms with Crippen molar-refractivity contribution in [1.29, 1.82) is 0 Å². The highest BCUT2D eigenvalue weighted by molar-refractivity contribution is 7.12. The van der Waals surface area contributed by atoms with Crippen molar-refractivity contribution in [3.8, 4) is 0 Å². The third-order valence-corrected chi connectivity index (χ3v) is 3.16. The van der Waals surface area contributed by atoms with E-state index >= 15 is 0 Å². The average molecular weight is 307 g/mol. The molecular formula is C12H12F3NO3S. The number of amides is 1. The summed E-state index contributed by atoms with van der Waals surface area (Å²) in [5.41, 5.74) is 0.422. The second kappa shape index (κ2) is 7.09. The van der Waals surface area contributed by atoms with Gasteiger partial charge < -0.3 is 10.4 Å². The van der Waals surface area contributed by atoms with Gasteiger partial charge in [0, 0.05) is 19.0 Å². The predicted octanol–water partition coefficient (Wildman–Crippen LogP) is 2.92. The van der Waals surface area contributed by atoms with Gasteiger partial charge in [-0.2, -0.15) is 13.2 Å². The van der Waals surface area contributed by atoms with Crippen LogP contribution in [0.25, 0.3) is 6.08 Å². The molecule has 0 aliphatic rings. The van der Waals surface area contributed by atoms with Crippen molar-refractivity contribution < 1.29 is 27.9 Å². The smallest absolute Gasteiger partial charge is 0.389 e. The zero-order valence-corrected chi connectivity index (χ0v) is 11.1. The van der Waals surface area contributed by atoms with Gasteiger partial charge in [-0.1, -0.05) is 0 Å². The topological polar surface area (TPSA) is 66.4 Å². The van der Waals surface area contributed by atoms with Gasteiger partial charge in [0.2, 0.25) is 0 Å². The molecule has 0 bridgehead atoms. The fourth-order valence-electron chi connectivity index (χ4n) is 1.37. The number of carboxylic acids is 1. The second-order valence-electron chi connectivity index (χ2n) is 3.85. The van der Waals surface area contributed by atoms with Gasteiger partial charge in [-0.3, -0.25) is 4.79 Å². The summed E-state index contributed by atoms with van der Waals surface area (Å²) in [5, 5.41) is 12.5. The Morgan fingerprint density at radius 1 is 1.40 bits per heavy atom. The van der Waals surface area contributed by atoms with E-state index in [1.54, 1.807) is 11.4 Å². The van der Waals surface area contributed by atoms with Gasteiger partial charge >= 0.3 is 12.1 Å². The van der Waals surface area contributed by atoms with Crippen LogP contribution in [-0.4, -0.2) is 29.7 Å². The fourth-order valence-corrected chi connectivity index (χ4v) is 2.17. The zero-order chi connectivity index (χ0) is 15.2. The number of rotatable bonds is 6. The molecule has 1 aromatic heterocycles. The Morgan fingerprint density at radius 2 is 2.10 bits per heavy atom. The monoisotopic (exact) mass is 307 g/mol. The molecular weight excluding hydrogens is 295 g/mol. The van der Waals surface area contributed by atoms with Gasteiger partial charge in [-0.25, -0.2) is 4.79 Å². The minimum absolute atomic E-state index is 0.0850. The molecule has 2 N–H and O–H groups in total. The second-order valence-corrected chi connectivity index (χ2v) is 4.77. The maximum atomic E-state index is 11.9. The van der Waals surface area contributed by atoms with Gasteiger partial charge in [0.1, 0.15) is 0 Å². The first kappa shape index (κ1) is 16.2. The maximum Gasteiger partial charge on any atom is 0.389 e. The van der Waals surface area contributed by atoms with Gasteiger partial charge in [-0.15, -0.1) is 11.3 Å². The van der Waals surface area contributed by atoms with Gasteiger partial charge in [0.15, 0.2) is 0 Å². The molecule has 0 aliphatic heterocycles. The van der Waals surface area contributed by atoms with E-state index in [0.717, 1.165) is 17.4 Å². The fraction of sp³-hybridized carbons (Fsp3) is 0.333. The van der Waals surface area contributed by atoms with Crippen LogP contribution >= 0.6 is 11.3 Å². The van der Waals surface area contributed by atoms with Crippen LogP contribution in [0.4, 0.5) is 13.2 Å². The van der Waals surface area contributed by atoms with Crippen LogP contribution in [0.2, 0.25) is 0 Å². The molecule has 0 aromatic carbocycles. The van der Waals surface area contributed by atoms with Gasteiger partial charge in [0.25, 0.3) is 5.91 Å². The standard InChI is InChI=1S/C12H12F3NO3S/c13-12(14,15)5-1-6-16-11(19)10-8(4-7-20-10)2-3-9(17)18/h2-4,7H,1,5-6H2,(H,16,19)(H,17,18)/b3-2+. The number of alkyl halides is 3. The lowest BCUT2D eigenvalue weighted by Gasteiger charge is -2.07. The van der Waals surface area contributed by atoms with Crippen molar-refractivity contribution in [1.82, 2.24) is 5.32 Å². The number of carbonyl (C=O) groups is 2. The van der Waals surface area contributed by atoms with Crippen LogP contribution in [-0.2, 0) is 4.79 Å². The van der Waals surface area contributed by atoms with Crippen molar-refractivity contribution in [2.24, 2.45) is 0 Å². The van der Waals surface area contributed by atoms with E-state index in [1.807, 2.05) is 0 Å². The molecule has 0 fully saturated rings. The van der Waals surface area contributed by atoms with Crippen LogP contribution in [0.5, 0.6) is 0 Å². The summed E-state index contributed by atoms with van der Waals surface area (Å²) < 4.78 is 35.8. The number of aliphatic carboxylic acids is 1. The molecule has 0 atom stereocenters. The number of thiophene rings is 1. The number of hydrogen-bond donors (Lipinski definition) is 2. The quantitative estimate of drug-likeness (QED) is 0.627. The van der Waals surface area contributed by atoms with Crippen molar-refractivity contribution >= 4 is 29.3 Å². The van der Waals surface area contributed by atoms with E-state index < -0.39 is 24.5 Å². The summed E-state index contributed by atoms with van der Waals surface area (Å²) in [6, 6.07) is 1.56. The largest absolute Gasteiger partial charge is 0.478 e. The number of carbonyl (C=O) groups excluding carboxylic acids is 1. The van der Waals surface area contributed by atoms with E-state index in [1.165, 1.54) is 6.08 Å². The lowest BCUT2D eigenvalue weighted by molar-refractivity contribution is -0.135. The highest BCUT2D eigenvalue weighted by Gasteiger charge is 2.26. The molecule has 4 nitrogen and oxygen atoms in total. The molecule has 1 amide bonds. The summed E-state index contributed by atoms with van der Waals surface area (Å²) in [6.45, 7) is -0.0850. The number of carboxylic acid groups (broad SMARTS) is 1. The average Bonchev–Trinajstić information content (AvgIpc) is 2.79. The molecule has 0 saturated heterocycles. The van der Waals surface area contributed by atoms with Crippen LogP contribution in [0.1, 0.15) is 28.1 Å². The van der Waals surface area contributed by atoms with E-state index in [9.17, 15) is 22.8 Å². The molecule has 0 unspecified atom stereocenters. The summed E-state index contributed by atoms with van der Waals surface area (Å²) in [6.07, 6.45) is -3.22. The van der Waals surface area contributed by atoms with E-state index in [2.05, 4.69) is 5.32 Å². The first-order chi connectivity index (χ1) is 9.29. The van der Waals surface area contributed by atoms with E-state index in [-0.39, 0.29) is 17.8 Å². The molecule has 1 aromatic rings. The lowest BCUT2D eigenvalue weighted by Crippen LogP contribution is -2.25. The predicted molar refractivity (Wildman–Crippen MR) is 68.6 cm³/mol. The summed E-state index contributed by atoms with van der Waals surface area (Å²) in [5.74, 6) is -1.65. The van der Waals surface area contributed by atoms with Crippen LogP contribution in [0.3, 0.4) is 0 Å². The first-order valence-electron chi connectivity index (χ1n) is 5.63. The van der Waals surface area contributed by atoms with Crippen LogP contribution < -0.4 is 5.32 Å². The highest BCUT2D eigenvalue weighted by Crippen LogP contribution is 2.21. The first-order valence-corrected chi connectivity index (χ1v) is 6.51. The Hall–Kier alpha value is -1.83. The molecule has 1 rings (SSSR count). The SMILES string of the molecule is O=C(O)/C=C/c1ccsc1C(=O)NCCCC(F)(F)F. The van der Waals surface area contributed by atoms with Crippen LogP contribution in [0.15, 0.2) is 17.5 Å². The Morgan fingerprint density at radius 3 is 2.70 bits per heavy atom. The van der Waals surface area contributed by atoms with E-state index in [0.29, 0.717) is 5.56 Å². The summed E-state index contributed by atoms with van der Waals surface area (Å²) >= 11 is 1.09. The number of hydrogen-bond acceptors (Lipinski definition) is 3. The lowest BCUT2D eigenvalue weighted by atomic mass is 10.2. The molecule has 8 heteroatoms. The molecule has 0 aliphatic carbocycles. The van der Waals surface area contributed by atoms with Crippen molar-refractivity contribution in [2.45, 2.75) is 19.0 Å². The highest BCUT2D eigenvalue weighted by atomic mass is 32.1. The molecule has 0 saturated carbocycles. The Kier molecular flexibility index (Phi) is 5.75. The van der Waals surface area contributed by atoms with Crippen molar-refractivity contribution in [3.05, 3.63) is 28.0 Å². The minimum atomic E-state index is -4.23. The summed E-state index contributed by atoms with van der Waals surface area (Å²) in [4.78, 5) is 22.4. The van der Waals surface area contributed by atoms with Gasteiger partial charge in [-0.05, 0) is 29.5 Å².